The molecule has 0 saturated heterocycles. The average Bonchev–Trinajstić information content (AvgIpc) is 3.36. The highest BCUT2D eigenvalue weighted by Gasteiger charge is 2.30. The minimum atomic E-state index is -0.678. The predicted molar refractivity (Wildman–Crippen MR) is 131 cm³/mol. The maximum absolute atomic E-state index is 13.2. The van der Waals surface area contributed by atoms with Crippen LogP contribution >= 0.6 is 23.2 Å². The van der Waals surface area contributed by atoms with Crippen molar-refractivity contribution < 1.29 is 14.1 Å². The van der Waals surface area contributed by atoms with Gasteiger partial charge >= 0.3 is 0 Å². The third kappa shape index (κ3) is 4.71. The molecule has 0 radical (unpaired) electrons. The van der Waals surface area contributed by atoms with Crippen molar-refractivity contribution in [1.29, 1.82) is 0 Å². The number of rotatable bonds is 7. The largest absolute Gasteiger partial charge is 0.489 e. The van der Waals surface area contributed by atoms with Crippen LogP contribution in [0, 0.1) is 0 Å². The molecule has 10 nitrogen and oxygen atoms in total. The number of carbonyl (C=O) groups is 1. The standard InChI is InChI=1S/C23H20Cl2N6O4/c1-30(19(16-9-4-5-10-26-16)17-14(24)7-6-8-15(17)25)23-29-18(20(34-3)22(33)31(23)2)21(32)28-13-11-27-35-12-13/h4-12,19H,1-3H3,(H,28,32). The summed E-state index contributed by atoms with van der Waals surface area (Å²) in [5, 5.41) is 6.94. The molecule has 4 aromatic rings. The molecule has 0 aliphatic carbocycles. The molecule has 3 heterocycles. The van der Waals surface area contributed by atoms with Crippen LogP contribution < -0.4 is 20.5 Å². The molecule has 0 bridgehead atoms. The SMILES string of the molecule is COc1c(C(=O)Nc2cnoc2)nc(N(C)C(c2ccccn2)c2c(Cl)cccc2Cl)n(C)c1=O. The van der Waals surface area contributed by atoms with Gasteiger partial charge in [-0.05, 0) is 24.3 Å². The molecule has 0 saturated carbocycles. The van der Waals surface area contributed by atoms with Gasteiger partial charge in [0, 0.05) is 35.9 Å². The highest BCUT2D eigenvalue weighted by molar-refractivity contribution is 6.36. The van der Waals surface area contributed by atoms with Crippen LogP contribution in [-0.2, 0) is 7.05 Å². The summed E-state index contributed by atoms with van der Waals surface area (Å²) in [5.41, 5.74) is 0.681. The second kappa shape index (κ2) is 10.2. The van der Waals surface area contributed by atoms with Gasteiger partial charge < -0.3 is 19.5 Å². The van der Waals surface area contributed by atoms with E-state index in [4.69, 9.17) is 32.5 Å². The van der Waals surface area contributed by atoms with Gasteiger partial charge in [-0.3, -0.25) is 19.1 Å². The summed E-state index contributed by atoms with van der Waals surface area (Å²) < 4.78 is 11.2. The number of hydrogen-bond donors (Lipinski definition) is 1. The first-order chi connectivity index (χ1) is 16.8. The third-order valence-corrected chi connectivity index (χ3v) is 5.94. The number of carbonyl (C=O) groups excluding carboxylic acids is 1. The minimum Gasteiger partial charge on any atom is -0.489 e. The van der Waals surface area contributed by atoms with Gasteiger partial charge in [0.15, 0.2) is 5.69 Å². The molecule has 0 fully saturated rings. The molecule has 0 spiro atoms. The lowest BCUT2D eigenvalue weighted by atomic mass is 10.0. The van der Waals surface area contributed by atoms with E-state index < -0.39 is 17.5 Å². The van der Waals surface area contributed by atoms with Gasteiger partial charge in [0.2, 0.25) is 11.7 Å². The summed E-state index contributed by atoms with van der Waals surface area (Å²) in [6.07, 6.45) is 4.20. The second-order valence-electron chi connectivity index (χ2n) is 7.43. The summed E-state index contributed by atoms with van der Waals surface area (Å²) >= 11 is 13.1. The number of nitrogens with zero attached hydrogens (tertiary/aromatic N) is 5. The summed E-state index contributed by atoms with van der Waals surface area (Å²) in [7, 11) is 4.52. The Morgan fingerprint density at radius 3 is 2.54 bits per heavy atom. The van der Waals surface area contributed by atoms with Crippen molar-refractivity contribution in [3.8, 4) is 5.75 Å². The van der Waals surface area contributed by atoms with Crippen LogP contribution in [0.3, 0.4) is 0 Å². The quantitative estimate of drug-likeness (QED) is 0.394. The van der Waals surface area contributed by atoms with Crippen LogP contribution in [0.15, 0.2) is 64.4 Å². The number of benzene rings is 1. The first kappa shape index (κ1) is 24.2. The van der Waals surface area contributed by atoms with E-state index in [0.29, 0.717) is 27.0 Å². The van der Waals surface area contributed by atoms with Gasteiger partial charge in [-0.15, -0.1) is 0 Å². The van der Waals surface area contributed by atoms with E-state index in [9.17, 15) is 9.59 Å². The zero-order chi connectivity index (χ0) is 25.1. The Labute approximate surface area is 210 Å². The molecule has 1 amide bonds. The molecular formula is C23H20Cl2N6O4. The lowest BCUT2D eigenvalue weighted by Crippen LogP contribution is -2.35. The molecule has 35 heavy (non-hydrogen) atoms. The van der Waals surface area contributed by atoms with E-state index in [2.05, 4.69) is 20.4 Å². The Hall–Kier alpha value is -3.89. The fraction of sp³-hybridized carbons (Fsp3) is 0.174. The number of amides is 1. The van der Waals surface area contributed by atoms with Gasteiger partial charge in [0.1, 0.15) is 18.0 Å². The van der Waals surface area contributed by atoms with Gasteiger partial charge in [0.25, 0.3) is 11.5 Å². The number of halogens is 2. The Balaban J connectivity index is 1.89. The lowest BCUT2D eigenvalue weighted by molar-refractivity contribution is 0.101. The van der Waals surface area contributed by atoms with Crippen LogP contribution in [0.2, 0.25) is 10.0 Å². The summed E-state index contributed by atoms with van der Waals surface area (Å²) in [6, 6.07) is 9.93. The van der Waals surface area contributed by atoms with Gasteiger partial charge in [-0.1, -0.05) is 40.5 Å². The van der Waals surface area contributed by atoms with E-state index in [1.54, 1.807) is 42.4 Å². The second-order valence-corrected chi connectivity index (χ2v) is 8.24. The highest BCUT2D eigenvalue weighted by atomic mass is 35.5. The summed E-state index contributed by atoms with van der Waals surface area (Å²) in [5.74, 6) is -0.746. The Morgan fingerprint density at radius 1 is 1.20 bits per heavy atom. The zero-order valence-electron chi connectivity index (χ0n) is 18.9. The van der Waals surface area contributed by atoms with Crippen LogP contribution in [0.4, 0.5) is 11.6 Å². The normalized spacial score (nSPS) is 11.7. The van der Waals surface area contributed by atoms with Gasteiger partial charge in [0.05, 0.1) is 19.0 Å². The predicted octanol–water partition coefficient (Wildman–Crippen LogP) is 3.96. The minimum absolute atomic E-state index is 0.151. The van der Waals surface area contributed by atoms with Crippen molar-refractivity contribution in [2.75, 3.05) is 24.4 Å². The van der Waals surface area contributed by atoms with E-state index in [-0.39, 0.29) is 17.4 Å². The fourth-order valence-electron chi connectivity index (χ4n) is 3.65. The number of ether oxygens (including phenoxy) is 1. The smallest absolute Gasteiger partial charge is 0.297 e. The molecule has 1 unspecified atom stereocenters. The Morgan fingerprint density at radius 2 is 1.94 bits per heavy atom. The number of aromatic nitrogens is 4. The molecule has 4 rings (SSSR count). The van der Waals surface area contributed by atoms with E-state index in [1.807, 2.05) is 12.1 Å². The monoisotopic (exact) mass is 514 g/mol. The molecule has 1 atom stereocenters. The van der Waals surface area contributed by atoms with Crippen molar-refractivity contribution in [1.82, 2.24) is 19.7 Å². The van der Waals surface area contributed by atoms with Crippen molar-refractivity contribution in [2.24, 2.45) is 7.05 Å². The molecule has 1 N–H and O–H groups in total. The van der Waals surface area contributed by atoms with Crippen LogP contribution in [-0.4, -0.2) is 39.8 Å². The van der Waals surface area contributed by atoms with E-state index in [1.165, 1.54) is 31.2 Å². The number of anilines is 2. The first-order valence-electron chi connectivity index (χ1n) is 10.3. The van der Waals surface area contributed by atoms with E-state index in [0.717, 1.165) is 0 Å². The zero-order valence-corrected chi connectivity index (χ0v) is 20.4. The Kier molecular flexibility index (Phi) is 7.04. The van der Waals surface area contributed by atoms with Crippen LogP contribution in [0.25, 0.3) is 0 Å². The highest BCUT2D eigenvalue weighted by Crippen LogP contribution is 2.38. The molecular weight excluding hydrogens is 495 g/mol. The molecule has 180 valence electrons. The van der Waals surface area contributed by atoms with E-state index >= 15 is 0 Å². The molecule has 3 aromatic heterocycles. The number of nitrogens with one attached hydrogen (secondary N) is 1. The average molecular weight is 515 g/mol. The number of hydrogen-bond acceptors (Lipinski definition) is 8. The fourth-order valence-corrected chi connectivity index (χ4v) is 4.25. The van der Waals surface area contributed by atoms with Crippen LogP contribution in [0.1, 0.15) is 27.8 Å². The molecule has 12 heteroatoms. The maximum Gasteiger partial charge on any atom is 0.297 e. The van der Waals surface area contributed by atoms with Crippen LogP contribution in [0.5, 0.6) is 5.75 Å². The first-order valence-corrected chi connectivity index (χ1v) is 11.0. The maximum atomic E-state index is 13.2. The van der Waals surface area contributed by atoms with Crippen molar-refractivity contribution >= 4 is 40.7 Å². The lowest BCUT2D eigenvalue weighted by Gasteiger charge is -2.31. The number of pyridine rings is 1. The van der Waals surface area contributed by atoms with Crippen molar-refractivity contribution in [3.05, 3.63) is 92.4 Å². The topological polar surface area (TPSA) is 115 Å². The van der Waals surface area contributed by atoms with Gasteiger partial charge in [-0.2, -0.15) is 0 Å². The summed E-state index contributed by atoms with van der Waals surface area (Å²) in [6.45, 7) is 0. The number of methoxy groups -OCH3 is 1. The van der Waals surface area contributed by atoms with Gasteiger partial charge in [-0.25, -0.2) is 4.98 Å². The Bertz CT molecular complexity index is 1390. The summed E-state index contributed by atoms with van der Waals surface area (Å²) in [4.78, 5) is 36.8. The van der Waals surface area contributed by atoms with Crippen molar-refractivity contribution in [3.63, 3.8) is 0 Å². The molecule has 1 aromatic carbocycles. The molecule has 0 aliphatic heterocycles. The van der Waals surface area contributed by atoms with Crippen molar-refractivity contribution in [2.45, 2.75) is 6.04 Å². The third-order valence-electron chi connectivity index (χ3n) is 5.28. The molecule has 0 aliphatic rings.